The first-order valence-corrected chi connectivity index (χ1v) is 9.89. The van der Waals surface area contributed by atoms with E-state index in [9.17, 15) is 5.26 Å². The van der Waals surface area contributed by atoms with Gasteiger partial charge in [0.25, 0.3) is 0 Å². The minimum atomic E-state index is 0.222. The molecule has 0 heterocycles. The zero-order valence-corrected chi connectivity index (χ0v) is 16.6. The lowest BCUT2D eigenvalue weighted by Gasteiger charge is -2.40. The number of benzene rings is 2. The fraction of sp³-hybridized carbons (Fsp3) is 0.458. The minimum absolute atomic E-state index is 0.222. The lowest BCUT2D eigenvalue weighted by Crippen LogP contribution is -2.28. The molecule has 0 fully saturated rings. The van der Waals surface area contributed by atoms with Gasteiger partial charge in [-0.3, -0.25) is 0 Å². The first kappa shape index (κ1) is 19.3. The van der Waals surface area contributed by atoms with Crippen LogP contribution in [-0.4, -0.2) is 14.2 Å². The van der Waals surface area contributed by atoms with Gasteiger partial charge in [0.1, 0.15) is 11.5 Å². The number of rotatable bonds is 7. The first-order chi connectivity index (χ1) is 13.2. The Balaban J connectivity index is 2.05. The molecule has 0 bridgehead atoms. The molecular weight excluding hydrogens is 334 g/mol. The summed E-state index contributed by atoms with van der Waals surface area (Å²) < 4.78 is 10.8. The highest BCUT2D eigenvalue weighted by atomic mass is 16.5. The van der Waals surface area contributed by atoms with Crippen molar-refractivity contribution in [2.24, 2.45) is 5.92 Å². The molecule has 0 saturated carbocycles. The molecule has 0 aliphatic heterocycles. The van der Waals surface area contributed by atoms with Crippen LogP contribution < -0.4 is 9.47 Å². The molecular formula is C24H29NO2. The van der Waals surface area contributed by atoms with Gasteiger partial charge in [-0.1, -0.05) is 38.0 Å². The molecule has 1 unspecified atom stereocenters. The molecule has 1 aliphatic rings. The zero-order chi connectivity index (χ0) is 19.2. The van der Waals surface area contributed by atoms with Gasteiger partial charge in [0.2, 0.25) is 0 Å². The van der Waals surface area contributed by atoms with Crippen molar-refractivity contribution < 1.29 is 9.47 Å². The summed E-state index contributed by atoms with van der Waals surface area (Å²) in [4.78, 5) is 0. The number of ether oxygens (including phenoxy) is 2. The summed E-state index contributed by atoms with van der Waals surface area (Å²) >= 11 is 0. The van der Waals surface area contributed by atoms with Crippen molar-refractivity contribution in [1.29, 1.82) is 5.26 Å². The second kappa shape index (κ2) is 8.95. The number of methoxy groups -OCH3 is 2. The Morgan fingerprint density at radius 3 is 2.37 bits per heavy atom. The summed E-state index contributed by atoms with van der Waals surface area (Å²) in [6.07, 6.45) is 5.19. The number of nitrogens with zero attached hydrogens (tertiary/aromatic N) is 1. The van der Waals surface area contributed by atoms with Crippen LogP contribution in [0.25, 0.3) is 0 Å². The molecule has 0 amide bonds. The molecule has 0 radical (unpaired) electrons. The van der Waals surface area contributed by atoms with Crippen LogP contribution in [-0.2, 0) is 6.42 Å². The standard InChI is InChI=1S/C24H29NO2/c1-4-5-6-18-15-19-16-21(27-3)11-12-22(19)23(13-14-25)24(18)17-7-9-20(26-2)10-8-17/h7-12,16,18,23-24H,4-6,13,15H2,1-3H3/t18-,23?,24-/m0/s1. The van der Waals surface area contributed by atoms with E-state index in [0.717, 1.165) is 17.9 Å². The van der Waals surface area contributed by atoms with Crippen molar-refractivity contribution in [3.05, 3.63) is 59.2 Å². The van der Waals surface area contributed by atoms with Crippen LogP contribution in [0.5, 0.6) is 11.5 Å². The van der Waals surface area contributed by atoms with Gasteiger partial charge in [-0.25, -0.2) is 0 Å². The molecule has 3 heteroatoms. The molecule has 3 atom stereocenters. The SMILES string of the molecule is CCCC[C@H]1Cc2cc(OC)ccc2C(CC#N)[C@H]1c1ccc(OC)cc1. The Hall–Kier alpha value is -2.47. The van der Waals surface area contributed by atoms with Gasteiger partial charge in [-0.2, -0.15) is 5.26 Å². The summed E-state index contributed by atoms with van der Waals surface area (Å²) in [6.45, 7) is 2.24. The second-order valence-electron chi connectivity index (χ2n) is 7.44. The largest absolute Gasteiger partial charge is 0.497 e. The van der Waals surface area contributed by atoms with Crippen molar-refractivity contribution in [2.75, 3.05) is 14.2 Å². The van der Waals surface area contributed by atoms with E-state index in [1.54, 1.807) is 14.2 Å². The van der Waals surface area contributed by atoms with E-state index in [0.29, 0.717) is 18.3 Å². The molecule has 0 N–H and O–H groups in total. The number of fused-ring (bicyclic) bond motifs is 1. The molecule has 2 aromatic rings. The van der Waals surface area contributed by atoms with Crippen molar-refractivity contribution >= 4 is 0 Å². The van der Waals surface area contributed by atoms with E-state index in [2.05, 4.69) is 37.3 Å². The Morgan fingerprint density at radius 2 is 1.74 bits per heavy atom. The van der Waals surface area contributed by atoms with E-state index < -0.39 is 0 Å². The average Bonchev–Trinajstić information content (AvgIpc) is 2.72. The van der Waals surface area contributed by atoms with Gasteiger partial charge in [0.15, 0.2) is 0 Å². The van der Waals surface area contributed by atoms with Gasteiger partial charge in [0.05, 0.1) is 20.3 Å². The number of unbranched alkanes of at least 4 members (excludes halogenated alkanes) is 1. The van der Waals surface area contributed by atoms with Crippen LogP contribution in [0.15, 0.2) is 42.5 Å². The van der Waals surface area contributed by atoms with E-state index in [1.165, 1.54) is 36.0 Å². The van der Waals surface area contributed by atoms with Gasteiger partial charge < -0.3 is 9.47 Å². The highest BCUT2D eigenvalue weighted by Gasteiger charge is 2.37. The Morgan fingerprint density at radius 1 is 1.04 bits per heavy atom. The van der Waals surface area contributed by atoms with Gasteiger partial charge >= 0.3 is 0 Å². The summed E-state index contributed by atoms with van der Waals surface area (Å²) in [5, 5.41) is 9.56. The Kier molecular flexibility index (Phi) is 6.40. The van der Waals surface area contributed by atoms with Crippen LogP contribution in [0.2, 0.25) is 0 Å². The third-order valence-electron chi connectivity index (χ3n) is 5.91. The summed E-state index contributed by atoms with van der Waals surface area (Å²) in [6, 6.07) is 17.3. The normalized spacial score (nSPS) is 21.2. The zero-order valence-electron chi connectivity index (χ0n) is 16.6. The number of hydrogen-bond acceptors (Lipinski definition) is 3. The fourth-order valence-electron chi connectivity index (χ4n) is 4.59. The topological polar surface area (TPSA) is 42.2 Å². The molecule has 2 aromatic carbocycles. The lowest BCUT2D eigenvalue weighted by molar-refractivity contribution is 0.313. The second-order valence-corrected chi connectivity index (χ2v) is 7.44. The monoisotopic (exact) mass is 363 g/mol. The maximum atomic E-state index is 9.56. The number of hydrogen-bond donors (Lipinski definition) is 0. The fourth-order valence-corrected chi connectivity index (χ4v) is 4.59. The lowest BCUT2D eigenvalue weighted by atomic mass is 9.64. The van der Waals surface area contributed by atoms with Crippen molar-refractivity contribution in [2.45, 2.75) is 50.9 Å². The Bertz CT molecular complexity index is 791. The summed E-state index contributed by atoms with van der Waals surface area (Å²) in [7, 11) is 3.41. The van der Waals surface area contributed by atoms with Gasteiger partial charge in [-0.15, -0.1) is 0 Å². The predicted molar refractivity (Wildman–Crippen MR) is 108 cm³/mol. The molecule has 27 heavy (non-hydrogen) atoms. The maximum Gasteiger partial charge on any atom is 0.119 e. The molecule has 3 nitrogen and oxygen atoms in total. The van der Waals surface area contributed by atoms with Crippen LogP contribution in [0.3, 0.4) is 0 Å². The van der Waals surface area contributed by atoms with Crippen LogP contribution >= 0.6 is 0 Å². The number of nitriles is 1. The van der Waals surface area contributed by atoms with E-state index in [1.807, 2.05) is 18.2 Å². The first-order valence-electron chi connectivity index (χ1n) is 9.89. The maximum absolute atomic E-state index is 9.56. The quantitative estimate of drug-likeness (QED) is 0.620. The Labute approximate surface area is 162 Å². The third-order valence-corrected chi connectivity index (χ3v) is 5.91. The van der Waals surface area contributed by atoms with E-state index in [4.69, 9.17) is 9.47 Å². The molecule has 0 spiro atoms. The molecule has 3 rings (SSSR count). The summed E-state index contributed by atoms with van der Waals surface area (Å²) in [5.74, 6) is 2.91. The van der Waals surface area contributed by atoms with Crippen molar-refractivity contribution in [3.8, 4) is 17.6 Å². The van der Waals surface area contributed by atoms with Gasteiger partial charge in [-0.05, 0) is 65.6 Å². The molecule has 0 saturated heterocycles. The average molecular weight is 364 g/mol. The summed E-state index contributed by atoms with van der Waals surface area (Å²) in [5.41, 5.74) is 3.98. The molecule has 142 valence electrons. The van der Waals surface area contributed by atoms with Crippen molar-refractivity contribution in [1.82, 2.24) is 0 Å². The minimum Gasteiger partial charge on any atom is -0.497 e. The smallest absolute Gasteiger partial charge is 0.119 e. The van der Waals surface area contributed by atoms with Crippen LogP contribution in [0.4, 0.5) is 0 Å². The van der Waals surface area contributed by atoms with Crippen LogP contribution in [0.1, 0.15) is 61.1 Å². The van der Waals surface area contributed by atoms with E-state index in [-0.39, 0.29) is 5.92 Å². The van der Waals surface area contributed by atoms with E-state index >= 15 is 0 Å². The highest BCUT2D eigenvalue weighted by Crippen LogP contribution is 2.49. The van der Waals surface area contributed by atoms with Crippen LogP contribution in [0, 0.1) is 17.2 Å². The van der Waals surface area contributed by atoms with Crippen molar-refractivity contribution in [3.63, 3.8) is 0 Å². The molecule has 1 aliphatic carbocycles. The predicted octanol–water partition coefficient (Wildman–Crippen LogP) is 5.85. The highest BCUT2D eigenvalue weighted by molar-refractivity contribution is 5.44. The molecule has 0 aromatic heterocycles. The third kappa shape index (κ3) is 4.11. The van der Waals surface area contributed by atoms with Gasteiger partial charge in [0, 0.05) is 12.3 Å².